The Balaban J connectivity index is 1.40. The van der Waals surface area contributed by atoms with Gasteiger partial charge in [0.15, 0.2) is 0 Å². The first-order chi connectivity index (χ1) is 14.6. The van der Waals surface area contributed by atoms with Crippen LogP contribution >= 0.6 is 0 Å². The number of aromatic nitrogens is 3. The number of rotatable bonds is 6. The number of benzene rings is 2. The summed E-state index contributed by atoms with van der Waals surface area (Å²) in [6.45, 7) is 4.19. The van der Waals surface area contributed by atoms with Crippen molar-refractivity contribution >= 4 is 17.3 Å². The van der Waals surface area contributed by atoms with Crippen LogP contribution in [0.15, 0.2) is 53.3 Å². The Kier molecular flexibility index (Phi) is 5.94. The second kappa shape index (κ2) is 8.96. The number of likely N-dealkylation sites (N-methyl/N-ethyl adjacent to an activating group) is 1. The van der Waals surface area contributed by atoms with Gasteiger partial charge in [-0.05, 0) is 49.0 Å². The number of nitrogens with one attached hydrogen (secondary N) is 2. The maximum absolute atomic E-state index is 12.4. The average molecular weight is 406 g/mol. The number of hydrogen-bond donors (Lipinski definition) is 2. The molecule has 4 rings (SSSR count). The number of anilines is 3. The van der Waals surface area contributed by atoms with Crippen LogP contribution in [0, 0.1) is 0 Å². The lowest BCUT2D eigenvalue weighted by Gasteiger charge is -2.34. The molecule has 1 aromatic heterocycles. The second-order valence-electron chi connectivity index (χ2n) is 7.44. The topological polar surface area (TPSA) is 86.4 Å². The van der Waals surface area contributed by atoms with Gasteiger partial charge in [-0.25, -0.2) is 0 Å². The monoisotopic (exact) mass is 406 g/mol. The van der Waals surface area contributed by atoms with E-state index in [-0.39, 0.29) is 5.56 Å². The first-order valence-electron chi connectivity index (χ1n) is 10.00. The molecule has 1 aliphatic rings. The summed E-state index contributed by atoms with van der Waals surface area (Å²) in [6.07, 6.45) is 0.409. The van der Waals surface area contributed by atoms with E-state index in [4.69, 9.17) is 4.74 Å². The maximum atomic E-state index is 12.4. The molecule has 2 heterocycles. The first-order valence-corrected chi connectivity index (χ1v) is 10.00. The van der Waals surface area contributed by atoms with Gasteiger partial charge in [-0.2, -0.15) is 0 Å². The highest BCUT2D eigenvalue weighted by atomic mass is 16.5. The van der Waals surface area contributed by atoms with Gasteiger partial charge in [-0.1, -0.05) is 12.1 Å². The quantitative estimate of drug-likeness (QED) is 0.649. The van der Waals surface area contributed by atoms with Crippen LogP contribution in [0.3, 0.4) is 0 Å². The molecule has 0 unspecified atom stereocenters. The van der Waals surface area contributed by atoms with Crippen molar-refractivity contribution in [2.75, 3.05) is 50.6 Å². The van der Waals surface area contributed by atoms with E-state index in [1.165, 1.54) is 5.69 Å². The Bertz CT molecular complexity index is 1020. The van der Waals surface area contributed by atoms with Gasteiger partial charge in [0.1, 0.15) is 11.4 Å². The van der Waals surface area contributed by atoms with Gasteiger partial charge in [0.2, 0.25) is 5.95 Å². The minimum Gasteiger partial charge on any atom is -0.497 e. The molecule has 0 spiro atoms. The number of hydrogen-bond acceptors (Lipinski definition) is 7. The zero-order chi connectivity index (χ0) is 20.9. The number of methoxy groups -OCH3 is 1. The second-order valence-corrected chi connectivity index (χ2v) is 7.44. The summed E-state index contributed by atoms with van der Waals surface area (Å²) in [4.78, 5) is 19.9. The molecule has 1 fully saturated rings. The van der Waals surface area contributed by atoms with Gasteiger partial charge >= 0.3 is 0 Å². The number of piperazine rings is 1. The van der Waals surface area contributed by atoms with Gasteiger partial charge in [0.05, 0.1) is 7.11 Å². The van der Waals surface area contributed by atoms with Gasteiger partial charge in [-0.15, -0.1) is 10.2 Å². The molecule has 156 valence electrons. The summed E-state index contributed by atoms with van der Waals surface area (Å²) < 4.78 is 5.15. The van der Waals surface area contributed by atoms with Gasteiger partial charge in [-0.3, -0.25) is 9.78 Å². The Labute approximate surface area is 175 Å². The van der Waals surface area contributed by atoms with Crippen LogP contribution in [0.4, 0.5) is 17.3 Å². The first kappa shape index (κ1) is 19.9. The Morgan fingerprint density at radius 1 is 1.00 bits per heavy atom. The highest BCUT2D eigenvalue weighted by molar-refractivity contribution is 5.59. The van der Waals surface area contributed by atoms with E-state index in [1.54, 1.807) is 7.11 Å². The van der Waals surface area contributed by atoms with Crippen LogP contribution in [-0.2, 0) is 6.42 Å². The van der Waals surface area contributed by atoms with Crippen LogP contribution in [0.5, 0.6) is 5.75 Å². The van der Waals surface area contributed by atoms with Crippen LogP contribution in [0.25, 0.3) is 0 Å². The third-order valence-corrected chi connectivity index (χ3v) is 5.29. The molecule has 30 heavy (non-hydrogen) atoms. The van der Waals surface area contributed by atoms with Gasteiger partial charge in [0.25, 0.3) is 5.56 Å². The number of ether oxygens (including phenoxy) is 1. The van der Waals surface area contributed by atoms with Crippen LogP contribution in [0.1, 0.15) is 11.3 Å². The molecule has 0 amide bonds. The molecule has 1 aliphatic heterocycles. The van der Waals surface area contributed by atoms with Crippen molar-refractivity contribution in [3.05, 3.63) is 70.1 Å². The highest BCUT2D eigenvalue weighted by Gasteiger charge is 2.14. The molecule has 0 saturated carbocycles. The highest BCUT2D eigenvalue weighted by Crippen LogP contribution is 2.20. The van der Waals surface area contributed by atoms with Crippen molar-refractivity contribution < 1.29 is 4.74 Å². The number of nitrogens with zero attached hydrogens (tertiary/aromatic N) is 4. The van der Waals surface area contributed by atoms with E-state index in [1.807, 2.05) is 36.4 Å². The Morgan fingerprint density at radius 2 is 1.70 bits per heavy atom. The molecule has 2 aromatic carbocycles. The third-order valence-electron chi connectivity index (χ3n) is 5.29. The van der Waals surface area contributed by atoms with E-state index in [0.717, 1.165) is 43.2 Å². The third kappa shape index (κ3) is 4.77. The smallest absolute Gasteiger partial charge is 0.274 e. The Hall–Kier alpha value is -3.39. The fourth-order valence-electron chi connectivity index (χ4n) is 3.43. The van der Waals surface area contributed by atoms with Crippen molar-refractivity contribution in [2.24, 2.45) is 0 Å². The molecule has 3 aromatic rings. The molecule has 2 N–H and O–H groups in total. The molecule has 0 aliphatic carbocycles. The maximum Gasteiger partial charge on any atom is 0.274 e. The van der Waals surface area contributed by atoms with E-state index >= 15 is 0 Å². The SMILES string of the molecule is COc1ccc(Cc2nnc(Nc3ccc(N4CCN(C)CC4)cc3)[nH]c2=O)cc1. The molecule has 1 saturated heterocycles. The molecule has 8 heteroatoms. The predicted molar refractivity (Wildman–Crippen MR) is 118 cm³/mol. The van der Waals surface area contributed by atoms with Crippen LogP contribution < -0.4 is 20.5 Å². The van der Waals surface area contributed by atoms with Gasteiger partial charge in [0, 0.05) is 44.0 Å². The molecule has 0 atom stereocenters. The summed E-state index contributed by atoms with van der Waals surface area (Å²) >= 11 is 0. The fourth-order valence-corrected chi connectivity index (χ4v) is 3.43. The van der Waals surface area contributed by atoms with Crippen molar-refractivity contribution in [2.45, 2.75) is 6.42 Å². The van der Waals surface area contributed by atoms with Crippen molar-refractivity contribution in [3.63, 3.8) is 0 Å². The lowest BCUT2D eigenvalue weighted by atomic mass is 10.1. The largest absolute Gasteiger partial charge is 0.497 e. The van der Waals surface area contributed by atoms with Crippen LogP contribution in [-0.4, -0.2) is 60.4 Å². The fraction of sp³-hybridized carbons (Fsp3) is 0.318. The minimum atomic E-state index is -0.252. The van der Waals surface area contributed by atoms with E-state index in [9.17, 15) is 4.79 Å². The van der Waals surface area contributed by atoms with Crippen molar-refractivity contribution in [1.82, 2.24) is 20.1 Å². The predicted octanol–water partition coefficient (Wildman–Crippen LogP) is 2.26. The van der Waals surface area contributed by atoms with Crippen molar-refractivity contribution in [3.8, 4) is 5.75 Å². The minimum absolute atomic E-state index is 0.252. The molecule has 8 nitrogen and oxygen atoms in total. The van der Waals surface area contributed by atoms with Gasteiger partial charge < -0.3 is 19.9 Å². The van der Waals surface area contributed by atoms with Crippen LogP contribution in [0.2, 0.25) is 0 Å². The summed E-state index contributed by atoms with van der Waals surface area (Å²) in [5, 5.41) is 11.4. The normalized spacial score (nSPS) is 14.5. The van der Waals surface area contributed by atoms with E-state index in [2.05, 4.69) is 49.5 Å². The summed E-state index contributed by atoms with van der Waals surface area (Å²) in [7, 11) is 3.77. The molecular weight excluding hydrogens is 380 g/mol. The molecule has 0 bridgehead atoms. The van der Waals surface area contributed by atoms with E-state index < -0.39 is 0 Å². The summed E-state index contributed by atoms with van der Waals surface area (Å²) in [6, 6.07) is 15.7. The molecule has 0 radical (unpaired) electrons. The number of aromatic amines is 1. The average Bonchev–Trinajstić information content (AvgIpc) is 2.77. The molecular formula is C22H26N6O2. The lowest BCUT2D eigenvalue weighted by molar-refractivity contribution is 0.313. The number of H-pyrrole nitrogens is 1. The standard InChI is InChI=1S/C22H26N6O2/c1-27-11-13-28(14-12-27)18-7-5-17(6-8-18)23-22-24-21(29)20(25-26-22)15-16-3-9-19(30-2)10-4-16/h3-10H,11-15H2,1-2H3,(H2,23,24,26,29). The van der Waals surface area contributed by atoms with Crippen molar-refractivity contribution in [1.29, 1.82) is 0 Å². The lowest BCUT2D eigenvalue weighted by Crippen LogP contribution is -2.44. The Morgan fingerprint density at radius 3 is 2.33 bits per heavy atom. The van der Waals surface area contributed by atoms with E-state index in [0.29, 0.717) is 18.1 Å². The summed E-state index contributed by atoms with van der Waals surface area (Å²) in [5.74, 6) is 1.10. The summed E-state index contributed by atoms with van der Waals surface area (Å²) in [5.41, 5.74) is 3.13. The zero-order valence-electron chi connectivity index (χ0n) is 17.3. The zero-order valence-corrected chi connectivity index (χ0v) is 17.3.